The number of hydrogen-bond acceptors (Lipinski definition) is 4. The van der Waals surface area contributed by atoms with Gasteiger partial charge in [0.2, 0.25) is 0 Å². The highest BCUT2D eigenvalue weighted by molar-refractivity contribution is 6.00. The van der Waals surface area contributed by atoms with Gasteiger partial charge < -0.3 is 20.5 Å². The van der Waals surface area contributed by atoms with Crippen molar-refractivity contribution in [3.63, 3.8) is 0 Å². The molecule has 0 aliphatic rings. The molecule has 0 radical (unpaired) electrons. The monoisotopic (exact) mass is 354 g/mol. The number of carbonyl (C=O) groups excluding carboxylic acids is 2. The molecule has 0 aliphatic carbocycles. The number of benzene rings is 2. The Hall–Kier alpha value is -3.28. The van der Waals surface area contributed by atoms with E-state index in [-0.39, 0.29) is 18.1 Å². The number of unbranched alkanes of at least 4 members (excludes halogenated alkanes) is 1. The molecular weight excluding hydrogens is 332 g/mol. The van der Waals surface area contributed by atoms with Crippen LogP contribution in [0.5, 0.6) is 5.75 Å². The van der Waals surface area contributed by atoms with Gasteiger partial charge in [-0.3, -0.25) is 0 Å². The van der Waals surface area contributed by atoms with Gasteiger partial charge in [-0.2, -0.15) is 0 Å². The first-order valence-corrected chi connectivity index (χ1v) is 8.33. The molecule has 6 heteroatoms. The molecule has 3 N–H and O–H groups in total. The molecule has 6 nitrogen and oxygen atoms in total. The smallest absolute Gasteiger partial charge is 0.354 e. The Morgan fingerprint density at radius 2 is 1.88 bits per heavy atom. The maximum absolute atomic E-state index is 12.2. The number of carbonyl (C=O) groups is 2. The number of nitrogens with one attached hydrogen (secondary N) is 2. The second kappa shape index (κ2) is 9.27. The number of hydrogen-bond donors (Lipinski definition) is 3. The van der Waals surface area contributed by atoms with E-state index in [9.17, 15) is 14.7 Å². The lowest BCUT2D eigenvalue weighted by Crippen LogP contribution is -2.32. The van der Waals surface area contributed by atoms with Crippen molar-refractivity contribution in [3.05, 3.63) is 60.8 Å². The largest absolute Gasteiger partial charge is 0.508 e. The summed E-state index contributed by atoms with van der Waals surface area (Å²) in [5.74, 6) is -0.662. The predicted octanol–water partition coefficient (Wildman–Crippen LogP) is 4.04. The molecule has 0 atom stereocenters. The van der Waals surface area contributed by atoms with Crippen LogP contribution >= 0.6 is 0 Å². The third kappa shape index (κ3) is 5.37. The zero-order valence-electron chi connectivity index (χ0n) is 14.6. The van der Waals surface area contributed by atoms with Gasteiger partial charge in [0.15, 0.2) is 0 Å². The van der Waals surface area contributed by atoms with Crippen molar-refractivity contribution in [3.8, 4) is 16.9 Å². The molecule has 2 rings (SSSR count). The van der Waals surface area contributed by atoms with Crippen LogP contribution in [0.1, 0.15) is 19.8 Å². The molecule has 2 aromatic carbocycles. The third-order valence-electron chi connectivity index (χ3n) is 3.58. The molecule has 0 spiro atoms. The van der Waals surface area contributed by atoms with Crippen LogP contribution in [0, 0.1) is 0 Å². The molecule has 0 unspecified atom stereocenters. The lowest BCUT2D eigenvalue weighted by Gasteiger charge is -2.13. The molecule has 26 heavy (non-hydrogen) atoms. The average Bonchev–Trinajstić information content (AvgIpc) is 2.62. The Bertz CT molecular complexity index is 788. The van der Waals surface area contributed by atoms with Crippen LogP contribution in [0.4, 0.5) is 10.5 Å². The molecule has 0 saturated heterocycles. The van der Waals surface area contributed by atoms with Gasteiger partial charge in [0.05, 0.1) is 12.3 Å². The number of anilines is 1. The van der Waals surface area contributed by atoms with E-state index >= 15 is 0 Å². The van der Waals surface area contributed by atoms with Crippen LogP contribution in [0.2, 0.25) is 0 Å². The number of phenolic OH excluding ortho intramolecular Hbond substituents is 1. The van der Waals surface area contributed by atoms with E-state index in [2.05, 4.69) is 17.2 Å². The summed E-state index contributed by atoms with van der Waals surface area (Å²) in [4.78, 5) is 23.9. The summed E-state index contributed by atoms with van der Waals surface area (Å²) in [6.45, 7) is 5.78. The summed E-state index contributed by atoms with van der Waals surface area (Å²) in [5.41, 5.74) is 1.86. The Morgan fingerprint density at radius 3 is 2.58 bits per heavy atom. The molecule has 2 aromatic rings. The third-order valence-corrected chi connectivity index (χ3v) is 3.58. The SMILES string of the molecule is C=C(NC(=O)Nc1cc(O)ccc1-c1ccccc1)C(=O)OCCCC. The van der Waals surface area contributed by atoms with Crippen molar-refractivity contribution >= 4 is 17.7 Å². The van der Waals surface area contributed by atoms with Gasteiger partial charge in [-0.25, -0.2) is 9.59 Å². The van der Waals surface area contributed by atoms with Gasteiger partial charge in [-0.1, -0.05) is 50.3 Å². The lowest BCUT2D eigenvalue weighted by atomic mass is 10.0. The summed E-state index contributed by atoms with van der Waals surface area (Å²) in [7, 11) is 0. The summed E-state index contributed by atoms with van der Waals surface area (Å²) in [6.07, 6.45) is 1.64. The molecule has 0 aromatic heterocycles. The second-order valence-corrected chi connectivity index (χ2v) is 5.64. The van der Waals surface area contributed by atoms with E-state index in [1.54, 1.807) is 6.07 Å². The number of phenols is 1. The molecule has 136 valence electrons. The van der Waals surface area contributed by atoms with Crippen molar-refractivity contribution in [2.75, 3.05) is 11.9 Å². The summed E-state index contributed by atoms with van der Waals surface area (Å²) < 4.78 is 4.99. The summed E-state index contributed by atoms with van der Waals surface area (Å²) >= 11 is 0. The minimum atomic E-state index is -0.673. The lowest BCUT2D eigenvalue weighted by molar-refractivity contribution is -0.139. The average molecular weight is 354 g/mol. The van der Waals surface area contributed by atoms with Crippen LogP contribution < -0.4 is 10.6 Å². The second-order valence-electron chi connectivity index (χ2n) is 5.64. The fraction of sp³-hybridized carbons (Fsp3) is 0.200. The Labute approximate surface area is 152 Å². The number of ether oxygens (including phenoxy) is 1. The number of aromatic hydroxyl groups is 1. The van der Waals surface area contributed by atoms with Gasteiger partial charge in [-0.05, 0) is 24.1 Å². The van der Waals surface area contributed by atoms with E-state index in [1.165, 1.54) is 12.1 Å². The van der Waals surface area contributed by atoms with Crippen LogP contribution in [0.25, 0.3) is 11.1 Å². The Kier molecular flexibility index (Phi) is 6.79. The van der Waals surface area contributed by atoms with Crippen molar-refractivity contribution in [1.82, 2.24) is 5.32 Å². The van der Waals surface area contributed by atoms with Crippen molar-refractivity contribution in [2.24, 2.45) is 0 Å². The highest BCUT2D eigenvalue weighted by Crippen LogP contribution is 2.31. The van der Waals surface area contributed by atoms with Crippen LogP contribution in [-0.4, -0.2) is 23.7 Å². The molecule has 0 bridgehead atoms. The van der Waals surface area contributed by atoms with Gasteiger partial charge >= 0.3 is 12.0 Å². The topological polar surface area (TPSA) is 87.7 Å². The Morgan fingerprint density at radius 1 is 1.15 bits per heavy atom. The van der Waals surface area contributed by atoms with Gasteiger partial charge in [0.25, 0.3) is 0 Å². The molecule has 2 amide bonds. The Balaban J connectivity index is 2.06. The van der Waals surface area contributed by atoms with Crippen molar-refractivity contribution < 1.29 is 19.4 Å². The fourth-order valence-electron chi connectivity index (χ4n) is 2.24. The number of amides is 2. The first-order valence-electron chi connectivity index (χ1n) is 8.33. The number of esters is 1. The van der Waals surface area contributed by atoms with Crippen molar-refractivity contribution in [1.29, 1.82) is 0 Å². The van der Waals surface area contributed by atoms with E-state index in [4.69, 9.17) is 4.74 Å². The van der Waals surface area contributed by atoms with Crippen LogP contribution in [-0.2, 0) is 9.53 Å². The molecule has 0 fully saturated rings. The van der Waals surface area contributed by atoms with E-state index in [1.807, 2.05) is 37.3 Å². The molecule has 0 heterocycles. The predicted molar refractivity (Wildman–Crippen MR) is 101 cm³/mol. The normalized spacial score (nSPS) is 10.0. The summed E-state index contributed by atoms with van der Waals surface area (Å²) in [6, 6.07) is 13.4. The van der Waals surface area contributed by atoms with Gasteiger partial charge in [-0.15, -0.1) is 0 Å². The molecular formula is C20H22N2O4. The maximum atomic E-state index is 12.2. The van der Waals surface area contributed by atoms with E-state index in [0.717, 1.165) is 24.0 Å². The zero-order chi connectivity index (χ0) is 18.9. The maximum Gasteiger partial charge on any atom is 0.354 e. The highest BCUT2D eigenvalue weighted by Gasteiger charge is 2.14. The zero-order valence-corrected chi connectivity index (χ0v) is 14.6. The van der Waals surface area contributed by atoms with Crippen molar-refractivity contribution in [2.45, 2.75) is 19.8 Å². The van der Waals surface area contributed by atoms with Gasteiger partial charge in [0.1, 0.15) is 11.4 Å². The highest BCUT2D eigenvalue weighted by atomic mass is 16.5. The molecule has 0 saturated carbocycles. The number of urea groups is 1. The van der Waals surface area contributed by atoms with Crippen LogP contribution in [0.15, 0.2) is 60.8 Å². The van der Waals surface area contributed by atoms with Gasteiger partial charge in [0, 0.05) is 11.6 Å². The standard InChI is InChI=1S/C20H22N2O4/c1-3-4-12-26-19(24)14(2)21-20(25)22-18-13-16(23)10-11-17(18)15-8-6-5-7-9-15/h5-11,13,23H,2-4,12H2,1H3,(H2,21,22,25). The first-order chi connectivity index (χ1) is 12.5. The first kappa shape index (κ1) is 19.1. The van der Waals surface area contributed by atoms with E-state index < -0.39 is 12.0 Å². The minimum Gasteiger partial charge on any atom is -0.508 e. The molecule has 0 aliphatic heterocycles. The summed E-state index contributed by atoms with van der Waals surface area (Å²) in [5, 5.41) is 14.7. The van der Waals surface area contributed by atoms with Crippen LogP contribution in [0.3, 0.4) is 0 Å². The number of rotatable bonds is 7. The minimum absolute atomic E-state index is 0.0118. The quantitative estimate of drug-likeness (QED) is 0.398. The fourth-order valence-corrected chi connectivity index (χ4v) is 2.24. The van der Waals surface area contributed by atoms with E-state index in [0.29, 0.717) is 5.69 Å².